The van der Waals surface area contributed by atoms with Crippen molar-refractivity contribution in [2.75, 3.05) is 6.61 Å². The molecule has 0 aliphatic rings. The van der Waals surface area contributed by atoms with Crippen molar-refractivity contribution in [2.45, 2.75) is 26.2 Å². The molecular formula is C10H16O3. The van der Waals surface area contributed by atoms with E-state index in [-0.39, 0.29) is 6.61 Å². The number of hydrogen-bond acceptors (Lipinski definition) is 3. The first-order valence-corrected chi connectivity index (χ1v) is 4.40. The third-order valence-electron chi connectivity index (χ3n) is 1.30. The molecular weight excluding hydrogens is 168 g/mol. The quantitative estimate of drug-likeness (QED) is 0.275. The summed E-state index contributed by atoms with van der Waals surface area (Å²) in [6.45, 7) is 5.69. The van der Waals surface area contributed by atoms with Crippen LogP contribution in [0.3, 0.4) is 0 Å². The largest absolute Gasteiger partial charge is 0.513 e. The van der Waals surface area contributed by atoms with Gasteiger partial charge in [-0.15, -0.1) is 0 Å². The van der Waals surface area contributed by atoms with Gasteiger partial charge in [-0.2, -0.15) is 0 Å². The zero-order chi connectivity index (χ0) is 9.94. The van der Waals surface area contributed by atoms with E-state index in [4.69, 9.17) is 0 Å². The summed E-state index contributed by atoms with van der Waals surface area (Å²) >= 11 is 0. The molecule has 0 aromatic heterocycles. The molecule has 0 radical (unpaired) electrons. The molecule has 74 valence electrons. The van der Waals surface area contributed by atoms with Crippen LogP contribution in [0.2, 0.25) is 0 Å². The van der Waals surface area contributed by atoms with E-state index in [9.17, 15) is 4.79 Å². The van der Waals surface area contributed by atoms with Gasteiger partial charge in [-0.05, 0) is 18.9 Å². The average molecular weight is 184 g/mol. The molecule has 3 heteroatoms. The Hall–Kier alpha value is -1.25. The molecule has 0 amide bonds. The highest BCUT2D eigenvalue weighted by Crippen LogP contribution is 1.95. The number of ether oxygens (including phenoxy) is 2. The smallest absolute Gasteiger partial charge is 0.430 e. The fourth-order valence-corrected chi connectivity index (χ4v) is 0.655. The lowest BCUT2D eigenvalue weighted by Crippen LogP contribution is -2.02. The SMILES string of the molecule is C=CCOC(=O)OC=CCCCC. The number of carbonyl (C=O) groups is 1. The van der Waals surface area contributed by atoms with Crippen molar-refractivity contribution in [1.29, 1.82) is 0 Å². The lowest BCUT2D eigenvalue weighted by molar-refractivity contribution is 0.0943. The lowest BCUT2D eigenvalue weighted by Gasteiger charge is -1.97. The van der Waals surface area contributed by atoms with Crippen LogP contribution in [0.5, 0.6) is 0 Å². The van der Waals surface area contributed by atoms with Crippen molar-refractivity contribution in [3.05, 3.63) is 25.0 Å². The first kappa shape index (κ1) is 11.8. The molecule has 0 saturated heterocycles. The highest BCUT2D eigenvalue weighted by Gasteiger charge is 1.97. The van der Waals surface area contributed by atoms with E-state index in [2.05, 4.69) is 23.0 Å². The minimum absolute atomic E-state index is 0.182. The van der Waals surface area contributed by atoms with Crippen molar-refractivity contribution in [1.82, 2.24) is 0 Å². The van der Waals surface area contributed by atoms with E-state index in [0.29, 0.717) is 0 Å². The van der Waals surface area contributed by atoms with Gasteiger partial charge in [0.1, 0.15) is 6.61 Å². The summed E-state index contributed by atoms with van der Waals surface area (Å²) in [6, 6.07) is 0. The van der Waals surface area contributed by atoms with Crippen molar-refractivity contribution < 1.29 is 14.3 Å². The van der Waals surface area contributed by atoms with Gasteiger partial charge in [-0.3, -0.25) is 0 Å². The third-order valence-corrected chi connectivity index (χ3v) is 1.30. The molecule has 0 aliphatic heterocycles. The Balaban J connectivity index is 3.34. The van der Waals surface area contributed by atoms with E-state index in [1.54, 1.807) is 6.08 Å². The summed E-state index contributed by atoms with van der Waals surface area (Å²) in [5, 5.41) is 0. The highest BCUT2D eigenvalue weighted by atomic mass is 16.7. The van der Waals surface area contributed by atoms with Crippen LogP contribution in [0.15, 0.2) is 25.0 Å². The standard InChI is InChI=1S/C10H16O3/c1-3-5-6-7-9-13-10(11)12-8-4-2/h4,7,9H,2-3,5-6,8H2,1H3. The molecule has 0 spiro atoms. The van der Waals surface area contributed by atoms with E-state index >= 15 is 0 Å². The van der Waals surface area contributed by atoms with Crippen LogP contribution in [0, 0.1) is 0 Å². The predicted octanol–water partition coefficient (Wildman–Crippen LogP) is 3.03. The maximum Gasteiger partial charge on any atom is 0.513 e. The first-order chi connectivity index (χ1) is 6.31. The van der Waals surface area contributed by atoms with Crippen molar-refractivity contribution >= 4 is 6.16 Å². The van der Waals surface area contributed by atoms with Gasteiger partial charge in [0.25, 0.3) is 0 Å². The zero-order valence-corrected chi connectivity index (χ0v) is 7.99. The zero-order valence-electron chi connectivity index (χ0n) is 7.99. The van der Waals surface area contributed by atoms with E-state index in [0.717, 1.165) is 19.3 Å². The van der Waals surface area contributed by atoms with Crippen LogP contribution in [0.4, 0.5) is 4.79 Å². The second-order valence-electron chi connectivity index (χ2n) is 2.48. The molecule has 0 fully saturated rings. The Morgan fingerprint density at radius 2 is 2.31 bits per heavy atom. The molecule has 0 rings (SSSR count). The molecule has 13 heavy (non-hydrogen) atoms. The number of rotatable bonds is 6. The summed E-state index contributed by atoms with van der Waals surface area (Å²) in [6.07, 6.45) is 7.12. The minimum Gasteiger partial charge on any atom is -0.430 e. The van der Waals surface area contributed by atoms with E-state index < -0.39 is 6.16 Å². The van der Waals surface area contributed by atoms with Crippen LogP contribution in [-0.4, -0.2) is 12.8 Å². The van der Waals surface area contributed by atoms with Crippen LogP contribution in [0.25, 0.3) is 0 Å². The Labute approximate surface area is 79.0 Å². The van der Waals surface area contributed by atoms with Gasteiger partial charge in [0.2, 0.25) is 0 Å². The Kier molecular flexibility index (Phi) is 7.99. The summed E-state index contributed by atoms with van der Waals surface area (Å²) in [5.41, 5.74) is 0. The molecule has 0 aromatic rings. The summed E-state index contributed by atoms with van der Waals surface area (Å²) in [5.74, 6) is 0. The van der Waals surface area contributed by atoms with Crippen LogP contribution in [0.1, 0.15) is 26.2 Å². The molecule has 3 nitrogen and oxygen atoms in total. The summed E-state index contributed by atoms with van der Waals surface area (Å²) in [4.78, 5) is 10.7. The number of unbranched alkanes of at least 4 members (excludes halogenated alkanes) is 2. The highest BCUT2D eigenvalue weighted by molar-refractivity contribution is 5.60. The summed E-state index contributed by atoms with van der Waals surface area (Å²) in [7, 11) is 0. The number of hydrogen-bond donors (Lipinski definition) is 0. The van der Waals surface area contributed by atoms with Gasteiger partial charge in [0, 0.05) is 0 Å². The lowest BCUT2D eigenvalue weighted by atomic mass is 10.2. The fraction of sp³-hybridized carbons (Fsp3) is 0.500. The maximum atomic E-state index is 10.7. The van der Waals surface area contributed by atoms with Gasteiger partial charge in [-0.1, -0.05) is 26.0 Å². The summed E-state index contributed by atoms with van der Waals surface area (Å²) < 4.78 is 9.17. The van der Waals surface area contributed by atoms with E-state index in [1.807, 2.05) is 0 Å². The van der Waals surface area contributed by atoms with E-state index in [1.165, 1.54) is 12.3 Å². The second-order valence-corrected chi connectivity index (χ2v) is 2.48. The Morgan fingerprint density at radius 3 is 2.92 bits per heavy atom. The molecule has 0 heterocycles. The monoisotopic (exact) mass is 184 g/mol. The average Bonchev–Trinajstić information content (AvgIpc) is 2.14. The van der Waals surface area contributed by atoms with Crippen LogP contribution in [-0.2, 0) is 9.47 Å². The normalized spacial score (nSPS) is 9.92. The van der Waals surface area contributed by atoms with Crippen molar-refractivity contribution in [2.24, 2.45) is 0 Å². The fourth-order valence-electron chi connectivity index (χ4n) is 0.655. The van der Waals surface area contributed by atoms with Crippen molar-refractivity contribution in [3.8, 4) is 0 Å². The van der Waals surface area contributed by atoms with Gasteiger partial charge in [-0.25, -0.2) is 4.79 Å². The predicted molar refractivity (Wildman–Crippen MR) is 51.3 cm³/mol. The Morgan fingerprint density at radius 1 is 1.54 bits per heavy atom. The van der Waals surface area contributed by atoms with Crippen LogP contribution < -0.4 is 0 Å². The molecule has 0 aliphatic carbocycles. The molecule has 0 bridgehead atoms. The first-order valence-electron chi connectivity index (χ1n) is 4.40. The molecule has 0 unspecified atom stereocenters. The number of carbonyl (C=O) groups excluding carboxylic acids is 1. The van der Waals surface area contributed by atoms with Gasteiger partial charge < -0.3 is 9.47 Å². The second kappa shape index (κ2) is 8.84. The minimum atomic E-state index is -0.687. The molecule has 0 atom stereocenters. The van der Waals surface area contributed by atoms with Gasteiger partial charge in [0.05, 0.1) is 6.26 Å². The van der Waals surface area contributed by atoms with Crippen molar-refractivity contribution in [3.63, 3.8) is 0 Å². The molecule has 0 aromatic carbocycles. The molecule has 0 N–H and O–H groups in total. The van der Waals surface area contributed by atoms with Crippen LogP contribution >= 0.6 is 0 Å². The molecule has 0 saturated carbocycles. The third kappa shape index (κ3) is 8.66. The van der Waals surface area contributed by atoms with Gasteiger partial charge >= 0.3 is 6.16 Å². The number of allylic oxidation sites excluding steroid dienone is 1. The van der Waals surface area contributed by atoms with Gasteiger partial charge in [0.15, 0.2) is 0 Å². The topological polar surface area (TPSA) is 35.5 Å². The maximum absolute atomic E-state index is 10.7. The Bertz CT molecular complexity index is 173.